The van der Waals surface area contributed by atoms with Crippen LogP contribution in [0.1, 0.15) is 22.7 Å². The lowest BCUT2D eigenvalue weighted by Gasteiger charge is -2.31. The molecule has 0 amide bonds. The van der Waals surface area contributed by atoms with Gasteiger partial charge in [0.2, 0.25) is 0 Å². The third-order valence-corrected chi connectivity index (χ3v) is 6.32. The number of hydrogen-bond donors (Lipinski definition) is 0. The minimum Gasteiger partial charge on any atom is -0.497 e. The van der Waals surface area contributed by atoms with Crippen LogP contribution in [0, 0.1) is 23.5 Å². The van der Waals surface area contributed by atoms with Gasteiger partial charge in [0.25, 0.3) is 0 Å². The molecule has 2 aromatic rings. The molecular formula is C23H21F2NO. The Morgan fingerprint density at radius 1 is 1.07 bits per heavy atom. The average molecular weight is 365 g/mol. The Balaban J connectivity index is 1.59. The van der Waals surface area contributed by atoms with Crippen LogP contribution in [0.5, 0.6) is 0 Å². The Bertz CT molecular complexity index is 931. The van der Waals surface area contributed by atoms with E-state index in [1.54, 1.807) is 7.11 Å². The van der Waals surface area contributed by atoms with Gasteiger partial charge in [-0.3, -0.25) is 4.90 Å². The molecule has 2 aliphatic carbocycles. The number of fused-ring (bicyclic) bond motifs is 5. The molecule has 0 spiro atoms. The Kier molecular flexibility index (Phi) is 3.90. The van der Waals surface area contributed by atoms with E-state index in [1.807, 2.05) is 6.08 Å². The van der Waals surface area contributed by atoms with Crippen LogP contribution < -0.4 is 0 Å². The van der Waals surface area contributed by atoms with Gasteiger partial charge in [-0.05, 0) is 47.8 Å². The zero-order valence-corrected chi connectivity index (χ0v) is 15.1. The second-order valence-corrected chi connectivity index (χ2v) is 7.58. The first-order valence-corrected chi connectivity index (χ1v) is 9.38. The minimum atomic E-state index is -0.478. The van der Waals surface area contributed by atoms with Crippen LogP contribution in [0.3, 0.4) is 0 Å². The van der Waals surface area contributed by atoms with Gasteiger partial charge in [0, 0.05) is 30.1 Å². The Labute approximate surface area is 157 Å². The molecule has 0 saturated carbocycles. The number of likely N-dealkylation sites (tertiary alicyclic amines) is 1. The highest BCUT2D eigenvalue weighted by Crippen LogP contribution is 2.54. The first-order chi connectivity index (χ1) is 13.2. The summed E-state index contributed by atoms with van der Waals surface area (Å²) in [4.78, 5) is 2.27. The van der Waals surface area contributed by atoms with Crippen molar-refractivity contribution in [3.05, 3.63) is 94.8 Å². The summed E-state index contributed by atoms with van der Waals surface area (Å²) in [6.45, 7) is 0.260. The quantitative estimate of drug-likeness (QED) is 0.776. The molecule has 1 aliphatic heterocycles. The fourth-order valence-corrected chi connectivity index (χ4v) is 5.14. The molecule has 1 heterocycles. The average Bonchev–Trinajstić information content (AvgIpc) is 3.20. The van der Waals surface area contributed by atoms with E-state index in [2.05, 4.69) is 41.3 Å². The molecule has 3 aliphatic rings. The van der Waals surface area contributed by atoms with Crippen molar-refractivity contribution in [2.45, 2.75) is 25.0 Å². The van der Waals surface area contributed by atoms with Crippen molar-refractivity contribution in [3.8, 4) is 0 Å². The number of allylic oxidation sites excluding steroid dienone is 1. The van der Waals surface area contributed by atoms with Crippen molar-refractivity contribution in [1.29, 1.82) is 0 Å². The molecule has 1 saturated heterocycles. The van der Waals surface area contributed by atoms with E-state index in [0.717, 1.165) is 12.2 Å². The topological polar surface area (TPSA) is 12.5 Å². The third-order valence-electron chi connectivity index (χ3n) is 6.32. The van der Waals surface area contributed by atoms with Gasteiger partial charge in [0.15, 0.2) is 0 Å². The van der Waals surface area contributed by atoms with E-state index in [-0.39, 0.29) is 30.1 Å². The van der Waals surface area contributed by atoms with Crippen molar-refractivity contribution < 1.29 is 13.5 Å². The highest BCUT2D eigenvalue weighted by molar-refractivity contribution is 5.41. The maximum absolute atomic E-state index is 14.4. The lowest BCUT2D eigenvalue weighted by molar-refractivity contribution is 0.191. The zero-order valence-electron chi connectivity index (χ0n) is 15.1. The molecule has 0 radical (unpaired) electrons. The normalized spacial score (nSPS) is 28.5. The Morgan fingerprint density at radius 2 is 1.85 bits per heavy atom. The molecule has 0 aromatic heterocycles. The highest BCUT2D eigenvalue weighted by atomic mass is 19.1. The van der Waals surface area contributed by atoms with Crippen LogP contribution in [0.15, 0.2) is 66.5 Å². The van der Waals surface area contributed by atoms with Gasteiger partial charge >= 0.3 is 0 Å². The summed E-state index contributed by atoms with van der Waals surface area (Å²) < 4.78 is 34.2. The van der Waals surface area contributed by atoms with Crippen molar-refractivity contribution in [3.63, 3.8) is 0 Å². The molecular weight excluding hydrogens is 344 g/mol. The monoisotopic (exact) mass is 365 g/mol. The molecule has 1 fully saturated rings. The molecule has 0 N–H and O–H groups in total. The van der Waals surface area contributed by atoms with Crippen LogP contribution in [0.2, 0.25) is 0 Å². The SMILES string of the molecule is COC1=CC2C3Cc4ccccc4C3N(Cc3c(F)cccc3F)C2C=C1. The number of ether oxygens (including phenoxy) is 1. The van der Waals surface area contributed by atoms with Crippen molar-refractivity contribution in [2.75, 3.05) is 7.11 Å². The van der Waals surface area contributed by atoms with Gasteiger partial charge in [-0.15, -0.1) is 0 Å². The molecule has 4 atom stereocenters. The summed E-state index contributed by atoms with van der Waals surface area (Å²) in [6, 6.07) is 12.8. The Morgan fingerprint density at radius 3 is 2.63 bits per heavy atom. The molecule has 4 unspecified atom stereocenters. The summed E-state index contributed by atoms with van der Waals surface area (Å²) in [5.74, 6) is 0.572. The van der Waals surface area contributed by atoms with Crippen LogP contribution in [0.25, 0.3) is 0 Å². The number of methoxy groups -OCH3 is 1. The second-order valence-electron chi connectivity index (χ2n) is 7.58. The van der Waals surface area contributed by atoms with Crippen LogP contribution in [-0.4, -0.2) is 18.1 Å². The number of nitrogens with zero attached hydrogens (tertiary/aromatic N) is 1. The maximum Gasteiger partial charge on any atom is 0.130 e. The van der Waals surface area contributed by atoms with Crippen LogP contribution in [-0.2, 0) is 17.7 Å². The molecule has 2 nitrogen and oxygen atoms in total. The van der Waals surface area contributed by atoms with Crippen molar-refractivity contribution >= 4 is 0 Å². The predicted molar refractivity (Wildman–Crippen MR) is 99.8 cm³/mol. The largest absolute Gasteiger partial charge is 0.497 e. The smallest absolute Gasteiger partial charge is 0.130 e. The third kappa shape index (κ3) is 2.54. The number of halogens is 2. The van der Waals surface area contributed by atoms with Gasteiger partial charge in [0.1, 0.15) is 17.4 Å². The predicted octanol–water partition coefficient (Wildman–Crippen LogP) is 4.78. The van der Waals surface area contributed by atoms with Gasteiger partial charge in [-0.1, -0.05) is 36.4 Å². The van der Waals surface area contributed by atoms with Gasteiger partial charge < -0.3 is 4.74 Å². The number of hydrogen-bond acceptors (Lipinski definition) is 2. The summed E-state index contributed by atoms with van der Waals surface area (Å²) in [7, 11) is 1.68. The molecule has 5 rings (SSSR count). The van der Waals surface area contributed by atoms with Gasteiger partial charge in [-0.2, -0.15) is 0 Å². The molecule has 4 heteroatoms. The summed E-state index contributed by atoms with van der Waals surface area (Å²) in [5.41, 5.74) is 2.78. The fraction of sp³-hybridized carbons (Fsp3) is 0.304. The van der Waals surface area contributed by atoms with E-state index in [4.69, 9.17) is 4.74 Å². The summed E-state index contributed by atoms with van der Waals surface area (Å²) in [5, 5.41) is 0. The van der Waals surface area contributed by atoms with Crippen molar-refractivity contribution in [2.24, 2.45) is 11.8 Å². The second kappa shape index (κ2) is 6.31. The molecule has 138 valence electrons. The minimum absolute atomic E-state index is 0.117. The first kappa shape index (κ1) is 16.7. The van der Waals surface area contributed by atoms with E-state index in [0.29, 0.717) is 5.92 Å². The molecule has 27 heavy (non-hydrogen) atoms. The first-order valence-electron chi connectivity index (χ1n) is 9.38. The van der Waals surface area contributed by atoms with Crippen molar-refractivity contribution in [1.82, 2.24) is 4.90 Å². The van der Waals surface area contributed by atoms with Gasteiger partial charge in [-0.25, -0.2) is 8.78 Å². The fourth-order valence-electron chi connectivity index (χ4n) is 5.14. The molecule has 2 aromatic carbocycles. The van der Waals surface area contributed by atoms with Crippen LogP contribution >= 0.6 is 0 Å². The lowest BCUT2D eigenvalue weighted by Crippen LogP contribution is -2.34. The maximum atomic E-state index is 14.4. The zero-order chi connectivity index (χ0) is 18.5. The van der Waals surface area contributed by atoms with E-state index in [9.17, 15) is 8.78 Å². The van der Waals surface area contributed by atoms with E-state index in [1.165, 1.54) is 29.3 Å². The van der Waals surface area contributed by atoms with Gasteiger partial charge in [0.05, 0.1) is 7.11 Å². The number of benzene rings is 2. The van der Waals surface area contributed by atoms with E-state index >= 15 is 0 Å². The van der Waals surface area contributed by atoms with E-state index < -0.39 is 11.6 Å². The van der Waals surface area contributed by atoms with Crippen LogP contribution in [0.4, 0.5) is 8.78 Å². The summed E-state index contributed by atoms with van der Waals surface area (Å²) in [6.07, 6.45) is 7.27. The highest BCUT2D eigenvalue weighted by Gasteiger charge is 2.52. The standard InChI is InChI=1S/C23H21F2NO/c1-27-15-9-10-22-17(12-15)18-11-14-5-2-3-6-16(14)23(18)26(22)13-19-20(24)7-4-8-21(19)25/h2-10,12,17-18,22-23H,11,13H2,1H3. The summed E-state index contributed by atoms with van der Waals surface area (Å²) >= 11 is 0. The Hall–Kier alpha value is -2.46. The lowest BCUT2D eigenvalue weighted by atomic mass is 9.84. The molecule has 0 bridgehead atoms. The number of rotatable bonds is 3.